The third-order valence-corrected chi connectivity index (χ3v) is 4.93. The molecule has 0 unspecified atom stereocenters. The van der Waals surface area contributed by atoms with E-state index in [-0.39, 0.29) is 0 Å². The van der Waals surface area contributed by atoms with E-state index >= 15 is 0 Å². The van der Waals surface area contributed by atoms with Gasteiger partial charge in [0, 0.05) is 6.20 Å². The summed E-state index contributed by atoms with van der Waals surface area (Å²) in [5.74, 6) is 0. The van der Waals surface area contributed by atoms with Crippen LogP contribution in [0.5, 0.6) is 0 Å². The Morgan fingerprint density at radius 2 is 2.11 bits per heavy atom. The molecule has 1 aliphatic rings. The summed E-state index contributed by atoms with van der Waals surface area (Å²) in [4.78, 5) is 0. The topological polar surface area (TPSA) is 76.0 Å². The molecule has 2 N–H and O–H groups in total. The molecule has 7 heteroatoms. The fourth-order valence-corrected chi connectivity index (χ4v) is 2.61. The number of hydrogen-bond donors (Lipinski definition) is 2. The minimum atomic E-state index is -3.28. The Kier molecular flexibility index (Phi) is 3.91. The van der Waals surface area contributed by atoms with E-state index in [1.54, 1.807) is 26.2 Å². The van der Waals surface area contributed by atoms with Crippen LogP contribution in [-0.2, 0) is 10.0 Å². The number of anilines is 1. The first kappa shape index (κ1) is 13.4. The molecule has 2 rings (SSSR count). The Morgan fingerprint density at radius 3 is 2.72 bits per heavy atom. The van der Waals surface area contributed by atoms with Gasteiger partial charge in [0.25, 0.3) is 0 Å². The molecular weight excluding hydrogens is 252 g/mol. The van der Waals surface area contributed by atoms with Crippen LogP contribution in [0.15, 0.2) is 12.4 Å². The van der Waals surface area contributed by atoms with Gasteiger partial charge in [-0.2, -0.15) is 5.10 Å². The molecule has 2 heterocycles. The lowest BCUT2D eigenvalue weighted by Gasteiger charge is -2.22. The molecule has 1 aliphatic heterocycles. The van der Waals surface area contributed by atoms with Gasteiger partial charge in [0.2, 0.25) is 10.0 Å². The fraction of sp³-hybridized carbons (Fsp3) is 0.727. The van der Waals surface area contributed by atoms with Crippen molar-refractivity contribution in [2.75, 3.05) is 17.8 Å². The molecule has 1 fully saturated rings. The van der Waals surface area contributed by atoms with Gasteiger partial charge in [-0.3, -0.25) is 9.40 Å². The van der Waals surface area contributed by atoms with E-state index in [9.17, 15) is 8.42 Å². The minimum Gasteiger partial charge on any atom is -0.317 e. The summed E-state index contributed by atoms with van der Waals surface area (Å²) in [5, 5.41) is 7.09. The van der Waals surface area contributed by atoms with Gasteiger partial charge in [0.15, 0.2) is 0 Å². The third kappa shape index (κ3) is 3.02. The van der Waals surface area contributed by atoms with Gasteiger partial charge in [0.1, 0.15) is 0 Å². The zero-order valence-corrected chi connectivity index (χ0v) is 11.6. The predicted molar refractivity (Wildman–Crippen MR) is 71.0 cm³/mol. The maximum absolute atomic E-state index is 11.7. The van der Waals surface area contributed by atoms with Crippen molar-refractivity contribution in [3.63, 3.8) is 0 Å². The number of nitrogens with zero attached hydrogens (tertiary/aromatic N) is 2. The lowest BCUT2D eigenvalue weighted by atomic mass is 10.1. The quantitative estimate of drug-likeness (QED) is 0.856. The SMILES string of the molecule is CC(C)S(=O)(=O)Nc1cnn(C2CCNCC2)c1. The van der Waals surface area contributed by atoms with Crippen LogP contribution in [0, 0.1) is 0 Å². The highest BCUT2D eigenvalue weighted by Gasteiger charge is 2.19. The second-order valence-electron chi connectivity index (χ2n) is 4.89. The highest BCUT2D eigenvalue weighted by molar-refractivity contribution is 7.93. The lowest BCUT2D eigenvalue weighted by molar-refractivity contribution is 0.343. The number of sulfonamides is 1. The van der Waals surface area contributed by atoms with E-state index in [4.69, 9.17) is 0 Å². The first-order valence-corrected chi connectivity index (χ1v) is 7.80. The Bertz CT molecular complexity index is 489. The molecule has 0 aromatic carbocycles. The summed E-state index contributed by atoms with van der Waals surface area (Å²) in [6, 6.07) is 0.364. The van der Waals surface area contributed by atoms with E-state index in [0.717, 1.165) is 25.9 Å². The van der Waals surface area contributed by atoms with Crippen LogP contribution in [-0.4, -0.2) is 36.5 Å². The number of nitrogens with one attached hydrogen (secondary N) is 2. The Labute approximate surface area is 108 Å². The average molecular weight is 272 g/mol. The van der Waals surface area contributed by atoms with E-state index in [1.165, 1.54) is 0 Å². The maximum Gasteiger partial charge on any atom is 0.235 e. The minimum absolute atomic E-state index is 0.364. The van der Waals surface area contributed by atoms with E-state index in [1.807, 2.05) is 4.68 Å². The van der Waals surface area contributed by atoms with Crippen LogP contribution in [0.3, 0.4) is 0 Å². The van der Waals surface area contributed by atoms with Gasteiger partial charge in [-0.25, -0.2) is 8.42 Å². The van der Waals surface area contributed by atoms with Crippen molar-refractivity contribution in [2.45, 2.75) is 38.0 Å². The van der Waals surface area contributed by atoms with Gasteiger partial charge in [-0.05, 0) is 39.8 Å². The van der Waals surface area contributed by atoms with Crippen molar-refractivity contribution >= 4 is 15.7 Å². The number of rotatable bonds is 4. The van der Waals surface area contributed by atoms with Crippen LogP contribution < -0.4 is 10.0 Å². The fourth-order valence-electron chi connectivity index (χ4n) is 1.94. The third-order valence-electron chi connectivity index (χ3n) is 3.17. The zero-order chi connectivity index (χ0) is 13.2. The number of aromatic nitrogens is 2. The first-order valence-electron chi connectivity index (χ1n) is 6.25. The largest absolute Gasteiger partial charge is 0.317 e. The van der Waals surface area contributed by atoms with Gasteiger partial charge in [-0.15, -0.1) is 0 Å². The molecule has 0 amide bonds. The number of piperidine rings is 1. The smallest absolute Gasteiger partial charge is 0.235 e. The molecule has 1 aromatic rings. The summed E-state index contributed by atoms with van der Waals surface area (Å²) < 4.78 is 27.9. The Hall–Kier alpha value is -1.08. The second-order valence-corrected chi connectivity index (χ2v) is 7.12. The normalized spacial score (nSPS) is 18.2. The molecule has 0 saturated carbocycles. The predicted octanol–water partition coefficient (Wildman–Crippen LogP) is 0.958. The maximum atomic E-state index is 11.7. The summed E-state index contributed by atoms with van der Waals surface area (Å²) in [6.07, 6.45) is 5.40. The molecule has 0 atom stereocenters. The van der Waals surface area contributed by atoms with E-state index in [0.29, 0.717) is 11.7 Å². The summed E-state index contributed by atoms with van der Waals surface area (Å²) >= 11 is 0. The summed E-state index contributed by atoms with van der Waals surface area (Å²) in [7, 11) is -3.28. The summed E-state index contributed by atoms with van der Waals surface area (Å²) in [6.45, 7) is 5.27. The highest BCUT2D eigenvalue weighted by Crippen LogP contribution is 2.20. The van der Waals surface area contributed by atoms with E-state index in [2.05, 4.69) is 15.1 Å². The van der Waals surface area contributed by atoms with Crippen molar-refractivity contribution in [1.82, 2.24) is 15.1 Å². The van der Waals surface area contributed by atoms with Crippen molar-refractivity contribution in [3.8, 4) is 0 Å². The Balaban J connectivity index is 2.06. The first-order chi connectivity index (χ1) is 8.49. The molecule has 0 bridgehead atoms. The van der Waals surface area contributed by atoms with Gasteiger partial charge in [-0.1, -0.05) is 0 Å². The van der Waals surface area contributed by atoms with Crippen molar-refractivity contribution in [1.29, 1.82) is 0 Å². The highest BCUT2D eigenvalue weighted by atomic mass is 32.2. The molecule has 0 radical (unpaired) electrons. The monoisotopic (exact) mass is 272 g/mol. The van der Waals surface area contributed by atoms with Crippen LogP contribution >= 0.6 is 0 Å². The molecular formula is C11H20N4O2S. The molecule has 0 aliphatic carbocycles. The number of hydrogen-bond acceptors (Lipinski definition) is 4. The Morgan fingerprint density at radius 1 is 1.44 bits per heavy atom. The molecule has 102 valence electrons. The summed E-state index contributed by atoms with van der Waals surface area (Å²) in [5.41, 5.74) is 0.544. The van der Waals surface area contributed by atoms with Gasteiger partial charge >= 0.3 is 0 Å². The van der Waals surface area contributed by atoms with Crippen LogP contribution in [0.25, 0.3) is 0 Å². The average Bonchev–Trinajstić information content (AvgIpc) is 2.78. The molecule has 1 aromatic heterocycles. The second kappa shape index (κ2) is 5.27. The zero-order valence-electron chi connectivity index (χ0n) is 10.8. The van der Waals surface area contributed by atoms with Crippen LogP contribution in [0.1, 0.15) is 32.7 Å². The molecule has 18 heavy (non-hydrogen) atoms. The van der Waals surface area contributed by atoms with Crippen LogP contribution in [0.2, 0.25) is 0 Å². The molecule has 1 saturated heterocycles. The van der Waals surface area contributed by atoms with Gasteiger partial charge in [0.05, 0.1) is 23.2 Å². The van der Waals surface area contributed by atoms with E-state index < -0.39 is 15.3 Å². The van der Waals surface area contributed by atoms with Gasteiger partial charge < -0.3 is 5.32 Å². The lowest BCUT2D eigenvalue weighted by Crippen LogP contribution is -2.29. The van der Waals surface area contributed by atoms with Crippen molar-refractivity contribution in [3.05, 3.63) is 12.4 Å². The molecule has 6 nitrogen and oxygen atoms in total. The van der Waals surface area contributed by atoms with Crippen molar-refractivity contribution in [2.24, 2.45) is 0 Å². The van der Waals surface area contributed by atoms with Crippen molar-refractivity contribution < 1.29 is 8.42 Å². The standard InChI is InChI=1S/C11H20N4O2S/c1-9(2)18(16,17)14-10-7-13-15(8-10)11-3-5-12-6-4-11/h7-9,11-12,14H,3-6H2,1-2H3. The molecule has 0 spiro atoms. The van der Waals surface area contributed by atoms with Crippen LogP contribution in [0.4, 0.5) is 5.69 Å².